The predicted molar refractivity (Wildman–Crippen MR) is 42.0 cm³/mol. The number of hydrogen-bond donors (Lipinski definition) is 1. The van der Waals surface area contributed by atoms with Crippen molar-refractivity contribution in [1.29, 1.82) is 0 Å². The minimum absolute atomic E-state index is 0.898. The van der Waals surface area contributed by atoms with Crippen molar-refractivity contribution < 1.29 is 13.3 Å². The molecule has 0 radical (unpaired) electrons. The fraction of sp³-hybridized carbons (Fsp3) is 0. The highest BCUT2D eigenvalue weighted by atomic mass is 35.5. The monoisotopic (exact) mass is 191 g/mol. The van der Waals surface area contributed by atoms with Crippen LogP contribution in [0.3, 0.4) is 0 Å². The number of benzene rings is 1. The highest BCUT2D eigenvalue weighted by Gasteiger charge is 2.14. The zero-order valence-corrected chi connectivity index (χ0v) is 6.85. The van der Waals surface area contributed by atoms with Crippen molar-refractivity contribution in [2.75, 3.05) is 0 Å². The first-order valence-corrected chi connectivity index (χ1v) is 4.10. The van der Waals surface area contributed by atoms with Gasteiger partial charge in [-0.25, -0.2) is 4.21 Å². The second-order valence-electron chi connectivity index (χ2n) is 1.91. The summed E-state index contributed by atoms with van der Waals surface area (Å²) in [6, 6.07) is 6.02. The zero-order valence-electron chi connectivity index (χ0n) is 5.28. The molecule has 0 aromatic rings. The highest BCUT2D eigenvalue weighted by molar-refractivity contribution is 7.73. The molecule has 0 amide bonds. The largest absolute Gasteiger partial charge is 0.750 e. The molecule has 0 bridgehead atoms. The molecule has 0 saturated carbocycles. The lowest BCUT2D eigenvalue weighted by Crippen LogP contribution is -1.75. The van der Waals surface area contributed by atoms with Gasteiger partial charge in [0, 0.05) is 10.6 Å². The summed E-state index contributed by atoms with van der Waals surface area (Å²) in [4.78, 5) is 0. The van der Waals surface area contributed by atoms with Crippen LogP contribution in [0.1, 0.15) is 0 Å². The van der Waals surface area contributed by atoms with Crippen LogP contribution in [-0.2, 0) is 11.4 Å². The van der Waals surface area contributed by atoms with Gasteiger partial charge in [0.15, 0.2) is 0 Å². The fourth-order valence-corrected chi connectivity index (χ4v) is 0.944. The molecule has 1 N–H and O–H groups in total. The van der Waals surface area contributed by atoms with E-state index in [0.717, 1.165) is 5.02 Å². The second kappa shape index (κ2) is 3.32. The molecule has 1 atom stereocenters. The quantitative estimate of drug-likeness (QED) is 0.645. The molecular formula is C6H4ClO3S-. The molecular weight excluding hydrogens is 188 g/mol. The minimum atomic E-state index is -2.86. The summed E-state index contributed by atoms with van der Waals surface area (Å²) < 4.78 is 24.1. The van der Waals surface area contributed by atoms with Crippen molar-refractivity contribution in [3.63, 3.8) is 0 Å². The maximum absolute atomic E-state index is 8.56. The molecule has 0 heterocycles. The van der Waals surface area contributed by atoms with Gasteiger partial charge in [-0.2, -0.15) is 0 Å². The lowest BCUT2D eigenvalue weighted by Gasteiger charge is -1.83. The molecule has 2 aliphatic carbocycles. The van der Waals surface area contributed by atoms with Crippen LogP contribution in [0.5, 0.6) is 0 Å². The maximum atomic E-state index is 8.56. The van der Waals surface area contributed by atoms with Gasteiger partial charge in [-0.3, -0.25) is 0 Å². The number of hydrogen-bond acceptors (Lipinski definition) is 2. The normalized spacial score (nSPS) is 13.0. The summed E-state index contributed by atoms with van der Waals surface area (Å²) in [5.41, 5.74) is 2.55. The Morgan fingerprint density at radius 1 is 1.55 bits per heavy atom. The van der Waals surface area contributed by atoms with Crippen LogP contribution in [0.2, 0.25) is 5.02 Å². The van der Waals surface area contributed by atoms with Crippen molar-refractivity contribution in [3.8, 4) is 11.1 Å². The molecule has 0 aliphatic heterocycles. The molecule has 1 unspecified atom stereocenters. The molecule has 0 fully saturated rings. The highest BCUT2D eigenvalue weighted by Crippen LogP contribution is 2.40. The smallest absolute Gasteiger partial charge is 0.0814 e. The SMILES string of the molecule is Clc1ccc2cc1-2.O=S([O-])O. The van der Waals surface area contributed by atoms with Gasteiger partial charge >= 0.3 is 0 Å². The van der Waals surface area contributed by atoms with E-state index in [-0.39, 0.29) is 0 Å². The van der Waals surface area contributed by atoms with Gasteiger partial charge in [-0.15, -0.1) is 0 Å². The van der Waals surface area contributed by atoms with Gasteiger partial charge in [0.25, 0.3) is 0 Å². The molecule has 3 nitrogen and oxygen atoms in total. The van der Waals surface area contributed by atoms with Crippen LogP contribution in [0.25, 0.3) is 11.1 Å². The van der Waals surface area contributed by atoms with Crippen LogP contribution in [-0.4, -0.2) is 13.3 Å². The van der Waals surface area contributed by atoms with Crippen molar-refractivity contribution in [3.05, 3.63) is 23.2 Å². The standard InChI is InChI=1S/C6H3Cl.H2O3S/c7-6-2-1-4-3-5(4)6;1-4(2)3/h1-3H;(H2,1,2,3)/p-1. The summed E-state index contributed by atoms with van der Waals surface area (Å²) in [5.74, 6) is 0. The third-order valence-electron chi connectivity index (χ3n) is 1.19. The van der Waals surface area contributed by atoms with E-state index < -0.39 is 11.4 Å². The predicted octanol–water partition coefficient (Wildman–Crippen LogP) is 1.66. The first kappa shape index (κ1) is 8.67. The maximum Gasteiger partial charge on any atom is 0.0814 e. The van der Waals surface area contributed by atoms with E-state index in [1.54, 1.807) is 0 Å². The van der Waals surface area contributed by atoms with Gasteiger partial charge in [-0.1, -0.05) is 17.7 Å². The van der Waals surface area contributed by atoms with E-state index in [2.05, 4.69) is 6.07 Å². The Kier molecular flexibility index (Phi) is 2.62. The Labute approximate surface area is 71.1 Å². The van der Waals surface area contributed by atoms with Crippen LogP contribution in [0, 0.1) is 0 Å². The molecule has 2 rings (SSSR count). The van der Waals surface area contributed by atoms with Gasteiger partial charge in [0.1, 0.15) is 0 Å². The van der Waals surface area contributed by atoms with E-state index in [9.17, 15) is 0 Å². The Hall–Kier alpha value is -0.420. The Morgan fingerprint density at radius 3 is 2.18 bits per heavy atom. The van der Waals surface area contributed by atoms with Crippen molar-refractivity contribution in [2.45, 2.75) is 0 Å². The average Bonchev–Trinajstić information content (AvgIpc) is 2.54. The molecule has 0 spiro atoms. The second-order valence-corrected chi connectivity index (χ2v) is 2.75. The van der Waals surface area contributed by atoms with Crippen molar-refractivity contribution in [1.82, 2.24) is 0 Å². The average molecular weight is 192 g/mol. The lowest BCUT2D eigenvalue weighted by molar-refractivity contribution is 0.436. The molecule has 0 aromatic carbocycles. The Morgan fingerprint density at radius 2 is 2.09 bits per heavy atom. The first-order valence-electron chi connectivity index (χ1n) is 2.69. The molecule has 0 aromatic heterocycles. The van der Waals surface area contributed by atoms with E-state index in [1.165, 1.54) is 11.1 Å². The van der Waals surface area contributed by atoms with E-state index in [0.29, 0.717) is 0 Å². The summed E-state index contributed by atoms with van der Waals surface area (Å²) in [5, 5.41) is 0.898. The van der Waals surface area contributed by atoms with E-state index in [1.807, 2.05) is 12.1 Å². The fourth-order valence-electron chi connectivity index (χ4n) is 0.717. The van der Waals surface area contributed by atoms with E-state index >= 15 is 0 Å². The third-order valence-corrected chi connectivity index (χ3v) is 1.52. The molecule has 60 valence electrons. The van der Waals surface area contributed by atoms with Gasteiger partial charge in [0.2, 0.25) is 0 Å². The van der Waals surface area contributed by atoms with Gasteiger partial charge < -0.3 is 9.11 Å². The Bertz CT molecular complexity index is 296. The summed E-state index contributed by atoms with van der Waals surface area (Å²) in [6.45, 7) is 0. The van der Waals surface area contributed by atoms with Crippen LogP contribution >= 0.6 is 11.6 Å². The van der Waals surface area contributed by atoms with Crippen LogP contribution in [0.4, 0.5) is 0 Å². The minimum Gasteiger partial charge on any atom is -0.750 e. The van der Waals surface area contributed by atoms with Crippen molar-refractivity contribution in [2.24, 2.45) is 0 Å². The molecule has 5 heteroatoms. The number of halogens is 1. The zero-order chi connectivity index (χ0) is 8.43. The summed E-state index contributed by atoms with van der Waals surface area (Å²) in [7, 11) is 0. The Balaban J connectivity index is 0.000000134. The van der Waals surface area contributed by atoms with E-state index in [4.69, 9.17) is 24.9 Å². The van der Waals surface area contributed by atoms with Crippen LogP contribution in [0.15, 0.2) is 18.2 Å². The lowest BCUT2D eigenvalue weighted by atomic mass is 10.5. The number of rotatable bonds is 0. The molecule has 11 heavy (non-hydrogen) atoms. The first-order chi connectivity index (χ1) is 5.11. The third kappa shape index (κ3) is 2.59. The number of fused-ring (bicyclic) bond motifs is 1. The topological polar surface area (TPSA) is 60.4 Å². The molecule has 2 aliphatic rings. The molecule has 0 saturated heterocycles. The van der Waals surface area contributed by atoms with Gasteiger partial charge in [0.05, 0.1) is 11.4 Å². The summed E-state index contributed by atoms with van der Waals surface area (Å²) >= 11 is 2.78. The van der Waals surface area contributed by atoms with Crippen molar-refractivity contribution >= 4 is 23.0 Å². The summed E-state index contributed by atoms with van der Waals surface area (Å²) in [6.07, 6.45) is 0. The van der Waals surface area contributed by atoms with Gasteiger partial charge in [-0.05, 0) is 17.7 Å². The van der Waals surface area contributed by atoms with Crippen LogP contribution < -0.4 is 0 Å².